The highest BCUT2D eigenvalue weighted by molar-refractivity contribution is 5.67. The van der Waals surface area contributed by atoms with Crippen molar-refractivity contribution in [3.8, 4) is 0 Å². The number of ether oxygens (including phenoxy) is 1. The van der Waals surface area contributed by atoms with Gasteiger partial charge < -0.3 is 20.1 Å². The van der Waals surface area contributed by atoms with E-state index in [1.54, 1.807) is 0 Å². The number of carboxylic acid groups (broad SMARTS) is 1. The Labute approximate surface area is 126 Å². The summed E-state index contributed by atoms with van der Waals surface area (Å²) in [6.07, 6.45) is -1.30. The number of rotatable bonds is 3. The van der Waals surface area contributed by atoms with E-state index in [0.717, 1.165) is 0 Å². The summed E-state index contributed by atoms with van der Waals surface area (Å²) in [5, 5.41) is 11.9. The fourth-order valence-corrected chi connectivity index (χ4v) is 2.62. The first-order valence-electron chi connectivity index (χ1n) is 7.30. The van der Waals surface area contributed by atoms with Gasteiger partial charge in [0.05, 0.1) is 0 Å². The molecule has 1 aliphatic heterocycles. The SMILES string of the molecule is C[C@@H]1CN(CCNC(=O)OC(C)(C)C)C[C@H](C)N1C(=O)O. The Morgan fingerprint density at radius 3 is 2.19 bits per heavy atom. The molecule has 122 valence electrons. The van der Waals surface area contributed by atoms with E-state index in [9.17, 15) is 9.59 Å². The first-order chi connectivity index (χ1) is 9.60. The zero-order valence-electron chi connectivity index (χ0n) is 13.5. The molecule has 0 aliphatic carbocycles. The predicted molar refractivity (Wildman–Crippen MR) is 79.5 cm³/mol. The molecule has 7 heteroatoms. The van der Waals surface area contributed by atoms with Gasteiger partial charge in [-0.25, -0.2) is 9.59 Å². The Kier molecular flexibility index (Phi) is 5.83. The summed E-state index contributed by atoms with van der Waals surface area (Å²) in [6, 6.07) is -0.0967. The third-order valence-corrected chi connectivity index (χ3v) is 3.31. The van der Waals surface area contributed by atoms with E-state index in [1.807, 2.05) is 34.6 Å². The fraction of sp³-hybridized carbons (Fsp3) is 0.857. The number of hydrogen-bond donors (Lipinski definition) is 2. The summed E-state index contributed by atoms with van der Waals surface area (Å²) in [6.45, 7) is 11.8. The first-order valence-corrected chi connectivity index (χ1v) is 7.30. The topological polar surface area (TPSA) is 82.1 Å². The molecule has 0 spiro atoms. The lowest BCUT2D eigenvalue weighted by Gasteiger charge is -2.42. The lowest BCUT2D eigenvalue weighted by atomic mass is 10.1. The van der Waals surface area contributed by atoms with E-state index in [4.69, 9.17) is 9.84 Å². The van der Waals surface area contributed by atoms with Crippen molar-refractivity contribution in [3.05, 3.63) is 0 Å². The predicted octanol–water partition coefficient (Wildman–Crippen LogP) is 1.58. The molecule has 1 saturated heterocycles. The molecule has 0 aromatic rings. The minimum atomic E-state index is -0.874. The highest BCUT2D eigenvalue weighted by Crippen LogP contribution is 2.15. The van der Waals surface area contributed by atoms with Crippen molar-refractivity contribution in [1.29, 1.82) is 0 Å². The second-order valence-corrected chi connectivity index (χ2v) is 6.58. The summed E-state index contributed by atoms with van der Waals surface area (Å²) < 4.78 is 5.16. The summed E-state index contributed by atoms with van der Waals surface area (Å²) >= 11 is 0. The Hall–Kier alpha value is -1.50. The van der Waals surface area contributed by atoms with Gasteiger partial charge in [0.1, 0.15) is 5.60 Å². The van der Waals surface area contributed by atoms with Gasteiger partial charge in [0.2, 0.25) is 0 Å². The van der Waals surface area contributed by atoms with Crippen LogP contribution in [0.25, 0.3) is 0 Å². The minimum Gasteiger partial charge on any atom is -0.465 e. The first kappa shape index (κ1) is 17.6. The molecule has 21 heavy (non-hydrogen) atoms. The third-order valence-electron chi connectivity index (χ3n) is 3.31. The molecule has 7 nitrogen and oxygen atoms in total. The number of nitrogens with one attached hydrogen (secondary N) is 1. The molecular formula is C14H27N3O4. The van der Waals surface area contributed by atoms with Crippen molar-refractivity contribution < 1.29 is 19.4 Å². The number of carbonyl (C=O) groups is 2. The lowest BCUT2D eigenvalue weighted by molar-refractivity contribution is 0.0389. The molecule has 2 amide bonds. The lowest BCUT2D eigenvalue weighted by Crippen LogP contribution is -2.59. The largest absolute Gasteiger partial charge is 0.465 e. The third kappa shape index (κ3) is 5.79. The van der Waals surface area contributed by atoms with E-state index < -0.39 is 17.8 Å². The van der Waals surface area contributed by atoms with Crippen molar-refractivity contribution in [1.82, 2.24) is 15.1 Å². The van der Waals surface area contributed by atoms with Crippen LogP contribution in [0.1, 0.15) is 34.6 Å². The molecule has 0 aromatic carbocycles. The second-order valence-electron chi connectivity index (χ2n) is 6.58. The highest BCUT2D eigenvalue weighted by Gasteiger charge is 2.32. The van der Waals surface area contributed by atoms with Crippen LogP contribution in [0.2, 0.25) is 0 Å². The average Bonchev–Trinajstić information content (AvgIpc) is 2.24. The molecule has 1 heterocycles. The minimum absolute atomic E-state index is 0.0484. The molecule has 2 atom stereocenters. The summed E-state index contributed by atoms with van der Waals surface area (Å²) in [7, 11) is 0. The van der Waals surface area contributed by atoms with Crippen LogP contribution in [0.4, 0.5) is 9.59 Å². The van der Waals surface area contributed by atoms with E-state index >= 15 is 0 Å². The monoisotopic (exact) mass is 301 g/mol. The molecular weight excluding hydrogens is 274 g/mol. The normalized spacial score (nSPS) is 23.8. The average molecular weight is 301 g/mol. The van der Waals surface area contributed by atoms with Crippen LogP contribution < -0.4 is 5.32 Å². The molecule has 0 aromatic heterocycles. The number of alkyl carbamates (subject to hydrolysis) is 1. The fourth-order valence-electron chi connectivity index (χ4n) is 2.62. The maximum absolute atomic E-state index is 11.5. The van der Waals surface area contributed by atoms with Gasteiger partial charge in [0, 0.05) is 38.3 Å². The number of nitrogens with zero attached hydrogens (tertiary/aromatic N) is 2. The van der Waals surface area contributed by atoms with Crippen LogP contribution >= 0.6 is 0 Å². The highest BCUT2D eigenvalue weighted by atomic mass is 16.6. The summed E-state index contributed by atoms with van der Waals surface area (Å²) in [5.74, 6) is 0. The van der Waals surface area contributed by atoms with Crippen LogP contribution in [0.3, 0.4) is 0 Å². The van der Waals surface area contributed by atoms with Crippen LogP contribution in [0.15, 0.2) is 0 Å². The summed E-state index contributed by atoms with van der Waals surface area (Å²) in [4.78, 5) is 26.3. The zero-order valence-corrected chi connectivity index (χ0v) is 13.5. The molecule has 0 saturated carbocycles. The molecule has 0 radical (unpaired) electrons. The summed E-state index contributed by atoms with van der Waals surface area (Å²) in [5.41, 5.74) is -0.500. The van der Waals surface area contributed by atoms with Crippen molar-refractivity contribution in [2.45, 2.75) is 52.3 Å². The molecule has 1 rings (SSSR count). The van der Waals surface area contributed by atoms with Crippen LogP contribution in [-0.2, 0) is 4.74 Å². The van der Waals surface area contributed by atoms with Crippen molar-refractivity contribution in [2.24, 2.45) is 0 Å². The van der Waals surface area contributed by atoms with Crippen molar-refractivity contribution in [2.75, 3.05) is 26.2 Å². The number of piperazine rings is 1. The smallest absolute Gasteiger partial charge is 0.407 e. The van der Waals surface area contributed by atoms with Crippen LogP contribution in [0, 0.1) is 0 Å². The van der Waals surface area contributed by atoms with E-state index in [2.05, 4.69) is 10.2 Å². The molecule has 1 fully saturated rings. The second kappa shape index (κ2) is 6.98. The van der Waals surface area contributed by atoms with E-state index in [-0.39, 0.29) is 12.1 Å². The van der Waals surface area contributed by atoms with Crippen molar-refractivity contribution in [3.63, 3.8) is 0 Å². The van der Waals surface area contributed by atoms with Crippen LogP contribution in [0.5, 0.6) is 0 Å². The van der Waals surface area contributed by atoms with Gasteiger partial charge in [-0.15, -0.1) is 0 Å². The van der Waals surface area contributed by atoms with Gasteiger partial charge in [-0.1, -0.05) is 0 Å². The van der Waals surface area contributed by atoms with Gasteiger partial charge in [-0.05, 0) is 34.6 Å². The Bertz CT molecular complexity index is 369. The number of hydrogen-bond acceptors (Lipinski definition) is 4. The van der Waals surface area contributed by atoms with Crippen molar-refractivity contribution >= 4 is 12.2 Å². The Morgan fingerprint density at radius 1 is 1.24 bits per heavy atom. The van der Waals surface area contributed by atoms with Gasteiger partial charge in [0.15, 0.2) is 0 Å². The molecule has 1 aliphatic rings. The Morgan fingerprint density at radius 2 is 1.76 bits per heavy atom. The molecule has 2 N–H and O–H groups in total. The van der Waals surface area contributed by atoms with Gasteiger partial charge in [-0.2, -0.15) is 0 Å². The number of carbonyl (C=O) groups excluding carboxylic acids is 1. The van der Waals surface area contributed by atoms with Gasteiger partial charge in [-0.3, -0.25) is 4.90 Å². The standard InChI is InChI=1S/C14H27N3O4/c1-10-8-16(9-11(2)17(10)13(19)20)7-6-15-12(18)21-14(3,4)5/h10-11H,6-9H2,1-5H3,(H,15,18)(H,19,20)/t10-,11+. The quantitative estimate of drug-likeness (QED) is 0.827. The maximum Gasteiger partial charge on any atom is 0.407 e. The Balaban J connectivity index is 2.35. The molecule has 0 bridgehead atoms. The maximum atomic E-state index is 11.5. The molecule has 0 unspecified atom stereocenters. The number of amides is 2. The van der Waals surface area contributed by atoms with Gasteiger partial charge in [0.25, 0.3) is 0 Å². The van der Waals surface area contributed by atoms with Crippen LogP contribution in [-0.4, -0.2) is 71.0 Å². The van der Waals surface area contributed by atoms with Gasteiger partial charge >= 0.3 is 12.2 Å². The van der Waals surface area contributed by atoms with E-state index in [1.165, 1.54) is 4.90 Å². The van der Waals surface area contributed by atoms with E-state index in [0.29, 0.717) is 26.2 Å². The zero-order chi connectivity index (χ0) is 16.2.